The molecule has 0 saturated heterocycles. The summed E-state index contributed by atoms with van der Waals surface area (Å²) in [6.45, 7) is 5.18. The maximum absolute atomic E-state index is 9.02. The highest BCUT2D eigenvalue weighted by Gasteiger charge is 2.05. The Morgan fingerprint density at radius 3 is 2.28 bits per heavy atom. The van der Waals surface area contributed by atoms with Crippen molar-refractivity contribution in [2.45, 2.75) is 39.8 Å². The van der Waals surface area contributed by atoms with Crippen LogP contribution in [0.25, 0.3) is 0 Å². The largest absolute Gasteiger partial charge is 0.392 e. The molecule has 0 atom stereocenters. The summed E-state index contributed by atoms with van der Waals surface area (Å²) < 4.78 is 2.08. The number of hydrogen-bond acceptors (Lipinski definition) is 2. The molecule has 0 bridgehead atoms. The second-order valence-corrected chi connectivity index (χ2v) is 4.47. The SMILES string of the molecule is CCc1cc(CC)n(Cc2ccc(CO)cc2)n1. The van der Waals surface area contributed by atoms with Gasteiger partial charge in [-0.25, -0.2) is 0 Å². The Kier molecular flexibility index (Phi) is 4.15. The third-order valence-electron chi connectivity index (χ3n) is 3.18. The third kappa shape index (κ3) is 2.79. The summed E-state index contributed by atoms with van der Waals surface area (Å²) in [5, 5.41) is 13.6. The van der Waals surface area contributed by atoms with Crippen molar-refractivity contribution in [2.24, 2.45) is 0 Å². The van der Waals surface area contributed by atoms with E-state index in [9.17, 15) is 0 Å². The molecule has 0 aliphatic heterocycles. The van der Waals surface area contributed by atoms with E-state index >= 15 is 0 Å². The molecule has 0 amide bonds. The summed E-state index contributed by atoms with van der Waals surface area (Å²) >= 11 is 0. The molecule has 2 aromatic rings. The van der Waals surface area contributed by atoms with Crippen LogP contribution in [-0.4, -0.2) is 14.9 Å². The topological polar surface area (TPSA) is 38.0 Å². The number of benzene rings is 1. The fraction of sp³-hybridized carbons (Fsp3) is 0.400. The van der Waals surface area contributed by atoms with E-state index in [-0.39, 0.29) is 6.61 Å². The monoisotopic (exact) mass is 244 g/mol. The molecule has 1 aromatic heterocycles. The highest BCUT2D eigenvalue weighted by Crippen LogP contribution is 2.11. The van der Waals surface area contributed by atoms with E-state index in [4.69, 9.17) is 5.11 Å². The van der Waals surface area contributed by atoms with Gasteiger partial charge in [0, 0.05) is 5.69 Å². The number of aliphatic hydroxyl groups excluding tert-OH is 1. The number of aliphatic hydroxyl groups is 1. The van der Waals surface area contributed by atoms with E-state index in [1.54, 1.807) is 0 Å². The minimum absolute atomic E-state index is 0.0994. The number of hydrogen-bond donors (Lipinski definition) is 1. The van der Waals surface area contributed by atoms with Crippen molar-refractivity contribution in [1.29, 1.82) is 0 Å². The lowest BCUT2D eigenvalue weighted by atomic mass is 10.1. The minimum atomic E-state index is 0.0994. The van der Waals surface area contributed by atoms with Crippen LogP contribution in [-0.2, 0) is 26.0 Å². The fourth-order valence-electron chi connectivity index (χ4n) is 2.03. The Bertz CT molecular complexity index is 500. The second-order valence-electron chi connectivity index (χ2n) is 4.47. The van der Waals surface area contributed by atoms with Crippen molar-refractivity contribution < 1.29 is 5.11 Å². The average Bonchev–Trinajstić information content (AvgIpc) is 2.82. The molecule has 0 unspecified atom stereocenters. The number of rotatable bonds is 5. The van der Waals surface area contributed by atoms with E-state index in [0.717, 1.165) is 30.6 Å². The molecule has 3 nitrogen and oxygen atoms in total. The molecule has 0 spiro atoms. The third-order valence-corrected chi connectivity index (χ3v) is 3.18. The molecule has 0 aliphatic rings. The van der Waals surface area contributed by atoms with Gasteiger partial charge in [0.2, 0.25) is 0 Å². The van der Waals surface area contributed by atoms with Crippen LogP contribution in [0, 0.1) is 0 Å². The zero-order chi connectivity index (χ0) is 13.0. The molecular formula is C15H20N2O. The summed E-state index contributed by atoms with van der Waals surface area (Å²) in [5.74, 6) is 0. The van der Waals surface area contributed by atoms with E-state index < -0.39 is 0 Å². The average molecular weight is 244 g/mol. The van der Waals surface area contributed by atoms with Crippen LogP contribution in [0.3, 0.4) is 0 Å². The van der Waals surface area contributed by atoms with Crippen LogP contribution in [0.2, 0.25) is 0 Å². The lowest BCUT2D eigenvalue weighted by Crippen LogP contribution is -2.06. The van der Waals surface area contributed by atoms with Gasteiger partial charge in [-0.15, -0.1) is 0 Å². The van der Waals surface area contributed by atoms with Gasteiger partial charge in [0.25, 0.3) is 0 Å². The van der Waals surface area contributed by atoms with Gasteiger partial charge in [0.05, 0.1) is 18.8 Å². The smallest absolute Gasteiger partial charge is 0.0681 e. The predicted molar refractivity (Wildman–Crippen MR) is 72.4 cm³/mol. The van der Waals surface area contributed by atoms with E-state index in [1.165, 1.54) is 11.3 Å². The maximum atomic E-state index is 9.02. The first-order valence-electron chi connectivity index (χ1n) is 6.51. The van der Waals surface area contributed by atoms with Gasteiger partial charge < -0.3 is 5.11 Å². The molecule has 1 heterocycles. The normalized spacial score (nSPS) is 10.8. The first kappa shape index (κ1) is 12.8. The number of aryl methyl sites for hydroxylation is 2. The van der Waals surface area contributed by atoms with Crippen LogP contribution in [0.1, 0.15) is 36.4 Å². The summed E-state index contributed by atoms with van der Waals surface area (Å²) in [6.07, 6.45) is 1.98. The molecule has 0 fully saturated rings. The van der Waals surface area contributed by atoms with Crippen LogP contribution < -0.4 is 0 Å². The fourth-order valence-corrected chi connectivity index (χ4v) is 2.03. The molecule has 0 saturated carbocycles. The molecule has 0 radical (unpaired) electrons. The van der Waals surface area contributed by atoms with E-state index in [1.807, 2.05) is 12.1 Å². The van der Waals surface area contributed by atoms with Gasteiger partial charge in [-0.2, -0.15) is 5.10 Å². The van der Waals surface area contributed by atoms with Crippen molar-refractivity contribution in [3.05, 3.63) is 52.8 Å². The lowest BCUT2D eigenvalue weighted by molar-refractivity contribution is 0.282. The van der Waals surface area contributed by atoms with E-state index in [0.29, 0.717) is 0 Å². The van der Waals surface area contributed by atoms with Gasteiger partial charge in [-0.1, -0.05) is 38.1 Å². The Morgan fingerprint density at radius 2 is 1.72 bits per heavy atom. The van der Waals surface area contributed by atoms with Crippen molar-refractivity contribution in [3.63, 3.8) is 0 Å². The van der Waals surface area contributed by atoms with Gasteiger partial charge in [-0.3, -0.25) is 4.68 Å². The molecule has 3 heteroatoms. The standard InChI is InChI=1S/C15H20N2O/c1-3-14-9-15(4-2)17(16-14)10-12-5-7-13(11-18)8-6-12/h5-9,18H,3-4,10-11H2,1-2H3. The molecule has 1 N–H and O–H groups in total. The quantitative estimate of drug-likeness (QED) is 0.877. The summed E-state index contributed by atoms with van der Waals surface area (Å²) in [4.78, 5) is 0. The van der Waals surface area contributed by atoms with Gasteiger partial charge in [-0.05, 0) is 30.0 Å². The van der Waals surface area contributed by atoms with Gasteiger partial charge in [0.15, 0.2) is 0 Å². The molecule has 18 heavy (non-hydrogen) atoms. The van der Waals surface area contributed by atoms with Crippen molar-refractivity contribution in [3.8, 4) is 0 Å². The zero-order valence-corrected chi connectivity index (χ0v) is 11.1. The van der Waals surface area contributed by atoms with Crippen LogP contribution >= 0.6 is 0 Å². The van der Waals surface area contributed by atoms with Crippen molar-refractivity contribution in [1.82, 2.24) is 9.78 Å². The van der Waals surface area contributed by atoms with Crippen LogP contribution in [0.15, 0.2) is 30.3 Å². The van der Waals surface area contributed by atoms with Gasteiger partial charge in [0.1, 0.15) is 0 Å². The molecule has 2 rings (SSSR count). The lowest BCUT2D eigenvalue weighted by Gasteiger charge is -2.06. The Morgan fingerprint density at radius 1 is 1.06 bits per heavy atom. The van der Waals surface area contributed by atoms with Crippen LogP contribution in [0.5, 0.6) is 0 Å². The molecular weight excluding hydrogens is 224 g/mol. The highest BCUT2D eigenvalue weighted by atomic mass is 16.3. The summed E-state index contributed by atoms with van der Waals surface area (Å²) in [6, 6.07) is 10.2. The Balaban J connectivity index is 2.18. The van der Waals surface area contributed by atoms with Crippen LogP contribution in [0.4, 0.5) is 0 Å². The second kappa shape index (κ2) is 5.83. The number of nitrogens with zero attached hydrogens (tertiary/aromatic N) is 2. The van der Waals surface area contributed by atoms with Crippen molar-refractivity contribution >= 4 is 0 Å². The van der Waals surface area contributed by atoms with E-state index in [2.05, 4.69) is 41.8 Å². The van der Waals surface area contributed by atoms with Crippen molar-refractivity contribution in [2.75, 3.05) is 0 Å². The molecule has 0 aliphatic carbocycles. The predicted octanol–water partition coefficient (Wildman–Crippen LogP) is 2.55. The molecule has 96 valence electrons. The van der Waals surface area contributed by atoms with Gasteiger partial charge >= 0.3 is 0 Å². The minimum Gasteiger partial charge on any atom is -0.392 e. The Labute approximate surface area is 108 Å². The number of aromatic nitrogens is 2. The summed E-state index contributed by atoms with van der Waals surface area (Å²) in [7, 11) is 0. The first-order chi connectivity index (χ1) is 8.76. The highest BCUT2D eigenvalue weighted by molar-refractivity contribution is 5.23. The first-order valence-corrected chi connectivity index (χ1v) is 6.51. The molecule has 1 aromatic carbocycles. The zero-order valence-electron chi connectivity index (χ0n) is 11.1. The summed E-state index contributed by atoms with van der Waals surface area (Å²) in [5.41, 5.74) is 4.59. The Hall–Kier alpha value is -1.61. The maximum Gasteiger partial charge on any atom is 0.0681 e.